The predicted molar refractivity (Wildman–Crippen MR) is 100 cm³/mol. The fourth-order valence-electron chi connectivity index (χ4n) is 2.40. The van der Waals surface area contributed by atoms with Crippen LogP contribution in [0.3, 0.4) is 0 Å². The molecule has 0 saturated heterocycles. The van der Waals surface area contributed by atoms with Crippen LogP contribution in [-0.2, 0) is 29.4 Å². The third kappa shape index (κ3) is 5.62. The van der Waals surface area contributed by atoms with Crippen LogP contribution in [0.25, 0.3) is 0 Å². The molecule has 0 aliphatic heterocycles. The van der Waals surface area contributed by atoms with Crippen molar-refractivity contribution in [2.24, 2.45) is 0 Å². The normalized spacial score (nSPS) is 13.1. The number of benzene rings is 2. The van der Waals surface area contributed by atoms with Gasteiger partial charge >= 0.3 is 5.97 Å². The van der Waals surface area contributed by atoms with E-state index in [1.165, 1.54) is 31.4 Å². The Balaban J connectivity index is 2.34. The Morgan fingerprint density at radius 1 is 0.963 bits per heavy atom. The average Bonchev–Trinajstić information content (AvgIpc) is 2.61. The van der Waals surface area contributed by atoms with Crippen LogP contribution in [0.2, 0.25) is 0 Å². The summed E-state index contributed by atoms with van der Waals surface area (Å²) in [5, 5.41) is 0. The average molecular weight is 412 g/mol. The molecule has 0 amide bonds. The van der Waals surface area contributed by atoms with Gasteiger partial charge in [-0.05, 0) is 36.8 Å². The van der Waals surface area contributed by atoms with E-state index >= 15 is 0 Å². The van der Waals surface area contributed by atoms with Gasteiger partial charge in [0.1, 0.15) is 0 Å². The molecular formula is C18H21NO6S2. The third-order valence-electron chi connectivity index (χ3n) is 3.94. The molecule has 146 valence electrons. The van der Waals surface area contributed by atoms with Crippen LogP contribution in [0.4, 0.5) is 0 Å². The molecule has 0 saturated carbocycles. The summed E-state index contributed by atoms with van der Waals surface area (Å²) < 4.78 is 55.6. The lowest BCUT2D eigenvalue weighted by Crippen LogP contribution is -2.30. The zero-order chi connectivity index (χ0) is 20.2. The summed E-state index contributed by atoms with van der Waals surface area (Å²) in [6.07, 6.45) is 0.860. The van der Waals surface area contributed by atoms with Crippen molar-refractivity contribution in [3.05, 3.63) is 59.7 Å². The van der Waals surface area contributed by atoms with Crippen LogP contribution < -0.4 is 4.72 Å². The van der Waals surface area contributed by atoms with Crippen LogP contribution >= 0.6 is 0 Å². The highest BCUT2D eigenvalue weighted by Gasteiger charge is 2.24. The number of hydrogen-bond acceptors (Lipinski definition) is 6. The molecule has 7 nitrogen and oxygen atoms in total. The van der Waals surface area contributed by atoms with Crippen molar-refractivity contribution >= 4 is 25.8 Å². The second kappa shape index (κ2) is 8.20. The van der Waals surface area contributed by atoms with Gasteiger partial charge in [-0.15, -0.1) is 0 Å². The summed E-state index contributed by atoms with van der Waals surface area (Å²) in [7, 11) is -6.19. The minimum absolute atomic E-state index is 0.0195. The van der Waals surface area contributed by atoms with Gasteiger partial charge in [-0.3, -0.25) is 4.79 Å². The van der Waals surface area contributed by atoms with E-state index in [-0.39, 0.29) is 16.2 Å². The first-order valence-electron chi connectivity index (χ1n) is 7.99. The molecule has 0 aromatic heterocycles. The third-order valence-corrected chi connectivity index (χ3v) is 6.55. The number of nitrogens with one attached hydrogen (secondary N) is 1. The number of sulfone groups is 1. The molecule has 2 aromatic carbocycles. The predicted octanol–water partition coefficient (Wildman–Crippen LogP) is 1.98. The van der Waals surface area contributed by atoms with Gasteiger partial charge in [0, 0.05) is 6.26 Å². The van der Waals surface area contributed by atoms with E-state index in [2.05, 4.69) is 9.46 Å². The van der Waals surface area contributed by atoms with Crippen molar-refractivity contribution in [2.75, 3.05) is 13.4 Å². The highest BCUT2D eigenvalue weighted by atomic mass is 32.2. The molecule has 0 fully saturated rings. The summed E-state index contributed by atoms with van der Waals surface area (Å²) in [6, 6.07) is 11.2. The van der Waals surface area contributed by atoms with Gasteiger partial charge in [0.05, 0.1) is 29.4 Å². The molecule has 0 aliphatic rings. The van der Waals surface area contributed by atoms with E-state index in [4.69, 9.17) is 0 Å². The van der Waals surface area contributed by atoms with E-state index in [1.54, 1.807) is 12.1 Å². The summed E-state index contributed by atoms with van der Waals surface area (Å²) in [5.74, 6) is -0.560. The molecule has 2 aromatic rings. The Bertz CT molecular complexity index is 1010. The van der Waals surface area contributed by atoms with E-state index in [1.807, 2.05) is 19.1 Å². The lowest BCUT2D eigenvalue weighted by molar-refractivity contribution is -0.141. The number of carbonyl (C=O) groups is 1. The Morgan fingerprint density at radius 2 is 1.48 bits per heavy atom. The van der Waals surface area contributed by atoms with Gasteiger partial charge in [0.15, 0.2) is 9.84 Å². The summed E-state index contributed by atoms with van der Waals surface area (Å²) in [4.78, 5) is 11.6. The molecule has 0 spiro atoms. The Morgan fingerprint density at radius 3 is 1.96 bits per heavy atom. The molecule has 1 atom stereocenters. The quantitative estimate of drug-likeness (QED) is 0.698. The fraction of sp³-hybridized carbons (Fsp3) is 0.278. The smallest absolute Gasteiger partial charge is 0.307 e. The number of methoxy groups -OCH3 is 1. The molecule has 27 heavy (non-hydrogen) atoms. The highest BCUT2D eigenvalue weighted by Crippen LogP contribution is 2.22. The molecule has 2 rings (SSSR count). The topological polar surface area (TPSA) is 107 Å². The number of carbonyl (C=O) groups excluding carboxylic acids is 1. The van der Waals surface area contributed by atoms with Crippen molar-refractivity contribution in [3.8, 4) is 0 Å². The SMILES string of the molecule is COC(=O)CC(NS(=O)(=O)c1ccc(S(C)(=O)=O)cc1)c1ccc(C)cc1. The molecule has 0 aliphatic carbocycles. The van der Waals surface area contributed by atoms with E-state index in [0.717, 1.165) is 11.8 Å². The Hall–Kier alpha value is -2.23. The molecule has 0 radical (unpaired) electrons. The van der Waals surface area contributed by atoms with Crippen molar-refractivity contribution in [1.82, 2.24) is 4.72 Å². The van der Waals surface area contributed by atoms with Crippen LogP contribution in [-0.4, -0.2) is 36.2 Å². The maximum Gasteiger partial charge on any atom is 0.307 e. The maximum absolute atomic E-state index is 12.7. The van der Waals surface area contributed by atoms with Crippen molar-refractivity contribution in [3.63, 3.8) is 0 Å². The second-order valence-corrected chi connectivity index (χ2v) is 9.84. The first-order chi connectivity index (χ1) is 12.5. The number of rotatable bonds is 7. The maximum atomic E-state index is 12.7. The van der Waals surface area contributed by atoms with Crippen molar-refractivity contribution in [1.29, 1.82) is 0 Å². The first kappa shape index (κ1) is 21.1. The van der Waals surface area contributed by atoms with E-state index < -0.39 is 31.9 Å². The van der Waals surface area contributed by atoms with Gasteiger partial charge in [-0.1, -0.05) is 29.8 Å². The number of aryl methyl sites for hydroxylation is 1. The zero-order valence-corrected chi connectivity index (χ0v) is 16.8. The van der Waals surface area contributed by atoms with Gasteiger partial charge in [0.2, 0.25) is 10.0 Å². The van der Waals surface area contributed by atoms with Gasteiger partial charge < -0.3 is 4.74 Å². The van der Waals surface area contributed by atoms with Crippen LogP contribution in [0.1, 0.15) is 23.6 Å². The second-order valence-electron chi connectivity index (χ2n) is 6.11. The summed E-state index contributed by atoms with van der Waals surface area (Å²) in [5.41, 5.74) is 1.61. The Kier molecular flexibility index (Phi) is 6.40. The lowest BCUT2D eigenvalue weighted by atomic mass is 10.0. The van der Waals surface area contributed by atoms with Gasteiger partial charge in [-0.2, -0.15) is 0 Å². The Labute approximate surface area is 159 Å². The first-order valence-corrected chi connectivity index (χ1v) is 11.4. The number of sulfonamides is 1. The monoisotopic (exact) mass is 411 g/mol. The summed E-state index contributed by atoms with van der Waals surface area (Å²) >= 11 is 0. The highest BCUT2D eigenvalue weighted by molar-refractivity contribution is 7.90. The lowest BCUT2D eigenvalue weighted by Gasteiger charge is -2.18. The fourth-order valence-corrected chi connectivity index (χ4v) is 4.25. The van der Waals surface area contributed by atoms with Gasteiger partial charge in [-0.25, -0.2) is 21.6 Å². The number of hydrogen-bond donors (Lipinski definition) is 1. The molecule has 0 heterocycles. The molecule has 0 bridgehead atoms. The van der Waals surface area contributed by atoms with Gasteiger partial charge in [0.25, 0.3) is 0 Å². The van der Waals surface area contributed by atoms with Crippen molar-refractivity contribution < 1.29 is 26.4 Å². The van der Waals surface area contributed by atoms with Crippen LogP contribution in [0, 0.1) is 6.92 Å². The standard InChI is InChI=1S/C18H21NO6S2/c1-13-4-6-14(7-5-13)17(12-18(20)25-2)19-27(23,24)16-10-8-15(9-11-16)26(3,21)22/h4-11,17,19H,12H2,1-3H3. The molecule has 9 heteroatoms. The molecule has 1 N–H and O–H groups in total. The number of ether oxygens (including phenoxy) is 1. The van der Waals surface area contributed by atoms with E-state index in [9.17, 15) is 21.6 Å². The molecular weight excluding hydrogens is 390 g/mol. The zero-order valence-electron chi connectivity index (χ0n) is 15.2. The largest absolute Gasteiger partial charge is 0.469 e. The minimum Gasteiger partial charge on any atom is -0.469 e. The minimum atomic E-state index is -3.99. The van der Waals surface area contributed by atoms with E-state index in [0.29, 0.717) is 5.56 Å². The van der Waals surface area contributed by atoms with Crippen LogP contribution in [0.15, 0.2) is 58.3 Å². The summed E-state index contributed by atoms with van der Waals surface area (Å²) in [6.45, 7) is 1.90. The van der Waals surface area contributed by atoms with Crippen LogP contribution in [0.5, 0.6) is 0 Å². The number of esters is 1. The van der Waals surface area contributed by atoms with Crippen molar-refractivity contribution in [2.45, 2.75) is 29.2 Å². The molecule has 1 unspecified atom stereocenters.